The Labute approximate surface area is 218 Å². The largest absolute Gasteiger partial charge is 1.00 e. The molecular weight excluding hydrogens is 426 g/mol. The minimum atomic E-state index is -2.90. The molecule has 4 aromatic rings. The number of hydrogen-bond acceptors (Lipinski definition) is 4. The van der Waals surface area contributed by atoms with Crippen LogP contribution in [-0.4, -0.2) is 14.0 Å². The molecule has 0 aliphatic heterocycles. The van der Waals surface area contributed by atoms with Gasteiger partial charge in [0.15, 0.2) is 0 Å². The molecule has 4 nitrogen and oxygen atoms in total. The first-order valence-electron chi connectivity index (χ1n) is 11.6. The molecule has 0 heterocycles. The summed E-state index contributed by atoms with van der Waals surface area (Å²) in [5.74, 6) is 0. The fraction of sp³-hybridized carbons (Fsp3) is 0.143. The zero-order chi connectivity index (χ0) is 22.6. The standard InChI is InChI=1S/4C7H8N.Al.Li/c4*8-6-7-4-2-1-3-5-7;;/h4*1-5,8H,6H2;;/q4*-1;+3;+1. The second kappa shape index (κ2) is 14.3. The van der Waals surface area contributed by atoms with Crippen LogP contribution in [0.5, 0.6) is 0 Å². The Kier molecular flexibility index (Phi) is 11.1. The van der Waals surface area contributed by atoms with Gasteiger partial charge in [0.2, 0.25) is 0 Å². The molecule has 0 bridgehead atoms. The van der Waals surface area contributed by atoms with Crippen LogP contribution in [0, 0.1) is 0 Å². The van der Waals surface area contributed by atoms with Gasteiger partial charge in [-0.2, -0.15) is 0 Å². The third-order valence-corrected chi connectivity index (χ3v) is 9.09. The van der Waals surface area contributed by atoms with Gasteiger partial charge in [-0.3, -0.25) is 0 Å². The van der Waals surface area contributed by atoms with Crippen molar-refractivity contribution in [1.29, 1.82) is 0 Å². The van der Waals surface area contributed by atoms with Crippen molar-refractivity contribution in [3.8, 4) is 0 Å². The molecule has 0 spiro atoms. The number of hydrogen-bond donors (Lipinski definition) is 4. The van der Waals surface area contributed by atoms with Crippen LogP contribution in [0.4, 0.5) is 0 Å². The van der Waals surface area contributed by atoms with E-state index in [2.05, 4.69) is 139 Å². The second-order valence-corrected chi connectivity index (χ2v) is 11.7. The van der Waals surface area contributed by atoms with Gasteiger partial charge in [-0.05, 0) is 48.4 Å². The first-order chi connectivity index (χ1) is 16.3. The van der Waals surface area contributed by atoms with Gasteiger partial charge in [0.1, 0.15) is 0 Å². The van der Waals surface area contributed by atoms with Crippen molar-refractivity contribution < 1.29 is 18.9 Å². The molecule has 4 rings (SSSR count). The van der Waals surface area contributed by atoms with Crippen LogP contribution in [0.25, 0.3) is 0 Å². The zero-order valence-corrected chi connectivity index (χ0v) is 21.1. The third-order valence-electron chi connectivity index (χ3n) is 5.82. The molecule has 0 radical (unpaired) electrons. The molecule has 0 saturated carbocycles. The van der Waals surface area contributed by atoms with Crippen molar-refractivity contribution in [2.75, 3.05) is 0 Å². The van der Waals surface area contributed by atoms with Gasteiger partial charge < -0.3 is 17.2 Å². The van der Waals surface area contributed by atoms with Crippen LogP contribution >= 0.6 is 0 Å². The van der Waals surface area contributed by atoms with Gasteiger partial charge in [-0.25, -0.2) is 0 Å². The molecule has 4 N–H and O–H groups in total. The summed E-state index contributed by atoms with van der Waals surface area (Å²) >= 11 is -2.90. The van der Waals surface area contributed by atoms with Gasteiger partial charge in [0.05, 0.1) is 0 Å². The minimum Gasteiger partial charge on any atom is -0.483 e. The summed E-state index contributed by atoms with van der Waals surface area (Å²) in [5, 5.41) is 0. The number of benzene rings is 4. The topological polar surface area (TPSA) is 48.1 Å². The molecule has 0 fully saturated rings. The van der Waals surface area contributed by atoms with E-state index in [4.69, 9.17) is 0 Å². The molecular formula is C28H32AlLiN4. The van der Waals surface area contributed by atoms with E-state index in [1.165, 1.54) is 22.3 Å². The van der Waals surface area contributed by atoms with Crippen molar-refractivity contribution in [2.24, 2.45) is 0 Å². The number of nitrogens with one attached hydrogen (secondary N) is 4. The average molecular weight is 459 g/mol. The molecule has 0 aromatic heterocycles. The van der Waals surface area contributed by atoms with E-state index in [0.717, 1.165) is 26.2 Å². The van der Waals surface area contributed by atoms with Crippen molar-refractivity contribution >= 4 is 14.0 Å². The summed E-state index contributed by atoms with van der Waals surface area (Å²) < 4.78 is 15.6. The summed E-state index contributed by atoms with van der Waals surface area (Å²) in [7, 11) is 0. The van der Waals surface area contributed by atoms with Crippen molar-refractivity contribution in [2.45, 2.75) is 26.2 Å². The Morgan fingerprint density at radius 2 is 0.559 bits per heavy atom. The summed E-state index contributed by atoms with van der Waals surface area (Å²) in [6, 6.07) is 42.3. The van der Waals surface area contributed by atoms with Gasteiger partial charge in [-0.1, -0.05) is 121 Å². The Bertz CT molecular complexity index is 887. The Balaban J connectivity index is 0.00000324. The summed E-state index contributed by atoms with van der Waals surface area (Å²) in [5.41, 5.74) is 5.08. The smallest absolute Gasteiger partial charge is 0.483 e. The van der Waals surface area contributed by atoms with Gasteiger partial charge in [0, 0.05) is 0 Å². The molecule has 34 heavy (non-hydrogen) atoms. The normalized spacial score (nSPS) is 11.1. The maximum Gasteiger partial charge on any atom is 1.00 e. The fourth-order valence-electron chi connectivity index (χ4n) is 3.90. The SMILES string of the molecule is [Li+].c1ccc(C[NH][Al-]([NH]Cc2ccccc2)([NH]Cc2ccccc2)[NH]Cc2ccccc2)cc1. The van der Waals surface area contributed by atoms with Gasteiger partial charge >= 0.3 is 32.8 Å². The zero-order valence-electron chi connectivity index (χ0n) is 20.0. The quantitative estimate of drug-likeness (QED) is 0.244. The predicted molar refractivity (Wildman–Crippen MR) is 139 cm³/mol. The van der Waals surface area contributed by atoms with Crippen molar-refractivity contribution in [1.82, 2.24) is 17.2 Å². The van der Waals surface area contributed by atoms with Crippen LogP contribution in [0.1, 0.15) is 22.3 Å². The molecule has 4 aromatic carbocycles. The molecule has 0 aliphatic carbocycles. The van der Waals surface area contributed by atoms with E-state index < -0.39 is 14.0 Å². The molecule has 0 atom stereocenters. The van der Waals surface area contributed by atoms with Gasteiger partial charge in [0.25, 0.3) is 0 Å². The molecule has 0 aliphatic rings. The molecule has 6 heteroatoms. The van der Waals surface area contributed by atoms with Crippen LogP contribution < -0.4 is 36.1 Å². The summed E-state index contributed by atoms with van der Waals surface area (Å²) in [4.78, 5) is 0. The van der Waals surface area contributed by atoms with Gasteiger partial charge in [-0.15, -0.1) is 0 Å². The van der Waals surface area contributed by atoms with Crippen molar-refractivity contribution in [3.05, 3.63) is 144 Å². The van der Waals surface area contributed by atoms with E-state index in [-0.39, 0.29) is 18.9 Å². The van der Waals surface area contributed by atoms with E-state index in [9.17, 15) is 0 Å². The molecule has 168 valence electrons. The third kappa shape index (κ3) is 8.57. The van der Waals surface area contributed by atoms with Crippen molar-refractivity contribution in [3.63, 3.8) is 0 Å². The van der Waals surface area contributed by atoms with Crippen LogP contribution in [-0.2, 0) is 26.2 Å². The van der Waals surface area contributed by atoms with Crippen LogP contribution in [0.3, 0.4) is 0 Å². The molecule has 0 amide bonds. The second-order valence-electron chi connectivity index (χ2n) is 8.33. The summed E-state index contributed by atoms with van der Waals surface area (Å²) in [6.07, 6.45) is 0. The maximum atomic E-state index is 3.89. The summed E-state index contributed by atoms with van der Waals surface area (Å²) in [6.45, 7) is 3.15. The minimum absolute atomic E-state index is 0. The first-order valence-corrected chi connectivity index (χ1v) is 13.9. The predicted octanol–water partition coefficient (Wildman–Crippen LogP) is 1.59. The van der Waals surface area contributed by atoms with E-state index in [0.29, 0.717) is 0 Å². The van der Waals surface area contributed by atoms with Crippen LogP contribution in [0.15, 0.2) is 121 Å². The monoisotopic (exact) mass is 458 g/mol. The molecule has 0 saturated heterocycles. The Morgan fingerprint density at radius 3 is 0.765 bits per heavy atom. The maximum absolute atomic E-state index is 3.89. The Morgan fingerprint density at radius 1 is 0.353 bits per heavy atom. The fourth-order valence-corrected chi connectivity index (χ4v) is 6.93. The van der Waals surface area contributed by atoms with Crippen LogP contribution in [0.2, 0.25) is 0 Å². The Hall–Kier alpha value is -2.15. The number of rotatable bonds is 12. The average Bonchev–Trinajstić information content (AvgIpc) is 2.90. The first kappa shape index (κ1) is 26.5. The van der Waals surface area contributed by atoms with E-state index in [1.54, 1.807) is 0 Å². The van der Waals surface area contributed by atoms with E-state index in [1.807, 2.05) is 0 Å². The van der Waals surface area contributed by atoms with E-state index >= 15 is 0 Å². The molecule has 0 unspecified atom stereocenters.